The molecule has 1 fully saturated rings. The van der Waals surface area contributed by atoms with Crippen LogP contribution in [0.1, 0.15) is 6.42 Å². The zero-order valence-corrected chi connectivity index (χ0v) is 12.0. The van der Waals surface area contributed by atoms with Crippen molar-refractivity contribution in [3.8, 4) is 0 Å². The van der Waals surface area contributed by atoms with Gasteiger partial charge in [-0.05, 0) is 40.5 Å². The van der Waals surface area contributed by atoms with Gasteiger partial charge in [0.05, 0.1) is 11.1 Å². The number of hydrogen-bond acceptors (Lipinski definition) is 3. The Bertz CT molecular complexity index is 403. The van der Waals surface area contributed by atoms with E-state index >= 15 is 0 Å². The van der Waals surface area contributed by atoms with Crippen LogP contribution in [0.15, 0.2) is 22.7 Å². The van der Waals surface area contributed by atoms with E-state index in [-0.39, 0.29) is 5.82 Å². The topological polar surface area (TPSA) is 24.5 Å². The van der Waals surface area contributed by atoms with Gasteiger partial charge in [-0.2, -0.15) is 0 Å². The standard InChI is InChI=1S/C13H18BrFN2O/c1-18-7-6-17-5-4-11(9-17)16-10-2-3-12(14)13(15)8-10/h2-3,8,11,16H,4-7,9H2,1H3. The Labute approximate surface area is 115 Å². The Hall–Kier alpha value is -0.650. The van der Waals surface area contributed by atoms with Crippen molar-refractivity contribution < 1.29 is 9.13 Å². The van der Waals surface area contributed by atoms with Gasteiger partial charge in [-0.25, -0.2) is 4.39 Å². The molecule has 1 aliphatic rings. The summed E-state index contributed by atoms with van der Waals surface area (Å²) in [5.41, 5.74) is 0.842. The molecule has 0 aliphatic carbocycles. The van der Waals surface area contributed by atoms with Crippen molar-refractivity contribution in [2.75, 3.05) is 38.7 Å². The Morgan fingerprint density at radius 2 is 2.39 bits per heavy atom. The Morgan fingerprint density at radius 3 is 3.11 bits per heavy atom. The van der Waals surface area contributed by atoms with Crippen molar-refractivity contribution in [3.05, 3.63) is 28.5 Å². The van der Waals surface area contributed by atoms with Gasteiger partial charge in [0.15, 0.2) is 0 Å². The monoisotopic (exact) mass is 316 g/mol. The number of hydrogen-bond donors (Lipinski definition) is 1. The fourth-order valence-corrected chi connectivity index (χ4v) is 2.44. The molecule has 0 aromatic heterocycles. The van der Waals surface area contributed by atoms with Gasteiger partial charge in [0.1, 0.15) is 5.82 Å². The van der Waals surface area contributed by atoms with Crippen molar-refractivity contribution in [3.63, 3.8) is 0 Å². The van der Waals surface area contributed by atoms with Gasteiger partial charge < -0.3 is 10.1 Å². The molecule has 2 rings (SSSR count). The molecule has 1 aromatic carbocycles. The van der Waals surface area contributed by atoms with Crippen LogP contribution in [0.25, 0.3) is 0 Å². The number of nitrogens with zero attached hydrogens (tertiary/aromatic N) is 1. The molecule has 1 saturated heterocycles. The number of benzene rings is 1. The van der Waals surface area contributed by atoms with Crippen LogP contribution in [0.4, 0.5) is 10.1 Å². The smallest absolute Gasteiger partial charge is 0.139 e. The first kappa shape index (κ1) is 13.8. The summed E-state index contributed by atoms with van der Waals surface area (Å²) < 4.78 is 19.0. The third kappa shape index (κ3) is 3.67. The second-order valence-corrected chi connectivity index (χ2v) is 5.41. The highest BCUT2D eigenvalue weighted by atomic mass is 79.9. The maximum Gasteiger partial charge on any atom is 0.139 e. The Morgan fingerprint density at radius 1 is 1.56 bits per heavy atom. The first-order valence-corrected chi connectivity index (χ1v) is 6.91. The van der Waals surface area contributed by atoms with E-state index < -0.39 is 0 Å². The number of halogens is 2. The van der Waals surface area contributed by atoms with Crippen LogP contribution in [0, 0.1) is 5.82 Å². The van der Waals surface area contributed by atoms with Crippen molar-refractivity contribution in [2.45, 2.75) is 12.5 Å². The molecule has 3 nitrogen and oxygen atoms in total. The zero-order valence-electron chi connectivity index (χ0n) is 10.5. The maximum atomic E-state index is 13.4. The van der Waals surface area contributed by atoms with Crippen molar-refractivity contribution in [1.29, 1.82) is 0 Å². The van der Waals surface area contributed by atoms with Crippen molar-refractivity contribution in [1.82, 2.24) is 4.90 Å². The van der Waals surface area contributed by atoms with Crippen LogP contribution in [-0.2, 0) is 4.74 Å². The first-order chi connectivity index (χ1) is 8.69. The molecule has 1 unspecified atom stereocenters. The normalized spacial score (nSPS) is 20.3. The van der Waals surface area contributed by atoms with Crippen molar-refractivity contribution >= 4 is 21.6 Å². The molecule has 18 heavy (non-hydrogen) atoms. The van der Waals surface area contributed by atoms with Crippen LogP contribution in [0.5, 0.6) is 0 Å². The molecule has 1 heterocycles. The highest BCUT2D eigenvalue weighted by molar-refractivity contribution is 9.10. The van der Waals surface area contributed by atoms with E-state index in [2.05, 4.69) is 26.1 Å². The summed E-state index contributed by atoms with van der Waals surface area (Å²) >= 11 is 3.16. The zero-order chi connectivity index (χ0) is 13.0. The average Bonchev–Trinajstić information content (AvgIpc) is 2.79. The molecule has 1 N–H and O–H groups in total. The summed E-state index contributed by atoms with van der Waals surface area (Å²) in [7, 11) is 1.72. The molecule has 0 amide bonds. The minimum atomic E-state index is -0.228. The molecule has 1 atom stereocenters. The van der Waals surface area contributed by atoms with Crippen LogP contribution in [0.3, 0.4) is 0 Å². The minimum absolute atomic E-state index is 0.228. The highest BCUT2D eigenvalue weighted by Crippen LogP contribution is 2.21. The largest absolute Gasteiger partial charge is 0.383 e. The SMILES string of the molecule is COCCN1CCC(Nc2ccc(Br)c(F)c2)C1. The fraction of sp³-hybridized carbons (Fsp3) is 0.538. The number of anilines is 1. The molecule has 0 saturated carbocycles. The lowest BCUT2D eigenvalue weighted by Crippen LogP contribution is -2.28. The number of methoxy groups -OCH3 is 1. The van der Waals surface area contributed by atoms with E-state index in [0.717, 1.165) is 38.3 Å². The average molecular weight is 317 g/mol. The molecule has 1 aromatic rings. The Kier molecular flexibility index (Phi) is 4.97. The number of nitrogens with one attached hydrogen (secondary N) is 1. The lowest BCUT2D eigenvalue weighted by Gasteiger charge is -2.17. The lowest BCUT2D eigenvalue weighted by atomic mass is 10.2. The van der Waals surface area contributed by atoms with Gasteiger partial charge in [-0.3, -0.25) is 4.90 Å². The quantitative estimate of drug-likeness (QED) is 0.904. The first-order valence-electron chi connectivity index (χ1n) is 6.12. The van der Waals surface area contributed by atoms with Gasteiger partial charge in [0, 0.05) is 38.5 Å². The molecule has 0 spiro atoms. The molecule has 1 aliphatic heterocycles. The summed E-state index contributed by atoms with van der Waals surface area (Å²) in [6.07, 6.45) is 1.08. The highest BCUT2D eigenvalue weighted by Gasteiger charge is 2.21. The number of rotatable bonds is 5. The van der Waals surface area contributed by atoms with E-state index in [4.69, 9.17) is 4.74 Å². The number of likely N-dealkylation sites (tertiary alicyclic amines) is 1. The summed E-state index contributed by atoms with van der Waals surface area (Å²) in [6.45, 7) is 3.78. The third-order valence-corrected chi connectivity index (χ3v) is 3.82. The molecule has 5 heteroatoms. The van der Waals surface area contributed by atoms with Gasteiger partial charge in [-0.1, -0.05) is 0 Å². The second kappa shape index (κ2) is 6.50. The summed E-state index contributed by atoms with van der Waals surface area (Å²) in [6, 6.07) is 5.55. The van der Waals surface area contributed by atoms with E-state index in [0.29, 0.717) is 10.5 Å². The Balaban J connectivity index is 1.85. The van der Waals surface area contributed by atoms with E-state index in [1.807, 2.05) is 6.07 Å². The van der Waals surface area contributed by atoms with Gasteiger partial charge in [0.25, 0.3) is 0 Å². The van der Waals surface area contributed by atoms with Crippen LogP contribution < -0.4 is 5.32 Å². The maximum absolute atomic E-state index is 13.4. The summed E-state index contributed by atoms with van der Waals surface area (Å²) in [5, 5.41) is 3.37. The molecule has 100 valence electrons. The molecular formula is C13H18BrFN2O. The minimum Gasteiger partial charge on any atom is -0.383 e. The summed E-state index contributed by atoms with van der Waals surface area (Å²) in [4.78, 5) is 2.36. The van der Waals surface area contributed by atoms with E-state index in [1.165, 1.54) is 6.07 Å². The molecule has 0 bridgehead atoms. The van der Waals surface area contributed by atoms with Gasteiger partial charge in [0.2, 0.25) is 0 Å². The molecular weight excluding hydrogens is 299 g/mol. The van der Waals surface area contributed by atoms with Crippen LogP contribution >= 0.6 is 15.9 Å². The predicted octanol–water partition coefficient (Wildman–Crippen LogP) is 2.72. The van der Waals surface area contributed by atoms with Crippen molar-refractivity contribution in [2.24, 2.45) is 0 Å². The number of ether oxygens (including phenoxy) is 1. The molecule has 0 radical (unpaired) electrons. The lowest BCUT2D eigenvalue weighted by molar-refractivity contribution is 0.160. The van der Waals surface area contributed by atoms with E-state index in [1.54, 1.807) is 13.2 Å². The van der Waals surface area contributed by atoms with Crippen LogP contribution in [-0.4, -0.2) is 44.3 Å². The van der Waals surface area contributed by atoms with Crippen LogP contribution in [0.2, 0.25) is 0 Å². The predicted molar refractivity (Wildman–Crippen MR) is 74.4 cm³/mol. The van der Waals surface area contributed by atoms with Gasteiger partial charge in [-0.15, -0.1) is 0 Å². The van der Waals surface area contributed by atoms with Gasteiger partial charge >= 0.3 is 0 Å². The second-order valence-electron chi connectivity index (χ2n) is 4.55. The third-order valence-electron chi connectivity index (χ3n) is 3.17. The summed E-state index contributed by atoms with van der Waals surface area (Å²) in [5.74, 6) is -0.228. The fourth-order valence-electron chi connectivity index (χ4n) is 2.20. The van der Waals surface area contributed by atoms with E-state index in [9.17, 15) is 4.39 Å².